The Morgan fingerprint density at radius 1 is 1.25 bits per heavy atom. The van der Waals surface area contributed by atoms with Crippen molar-refractivity contribution in [1.29, 1.82) is 0 Å². The van der Waals surface area contributed by atoms with Gasteiger partial charge in [-0.1, -0.05) is 0 Å². The average molecular weight is 336 g/mol. The summed E-state index contributed by atoms with van der Waals surface area (Å²) in [6.07, 6.45) is 1.75. The molecule has 2 fully saturated rings. The zero-order valence-corrected chi connectivity index (χ0v) is 14.9. The molecule has 1 amide bonds. The van der Waals surface area contributed by atoms with Crippen molar-refractivity contribution in [2.24, 2.45) is 5.92 Å². The molecule has 0 aromatic heterocycles. The summed E-state index contributed by atoms with van der Waals surface area (Å²) in [7, 11) is 0. The number of nitrogens with zero attached hydrogens (tertiary/aromatic N) is 2. The highest BCUT2D eigenvalue weighted by Crippen LogP contribution is 2.44. The number of hydrogen-bond acceptors (Lipinski definition) is 2. The van der Waals surface area contributed by atoms with E-state index in [1.807, 2.05) is 12.1 Å². The molecule has 3 nitrogen and oxygen atoms in total. The van der Waals surface area contributed by atoms with Gasteiger partial charge < -0.3 is 9.80 Å². The highest BCUT2D eigenvalue weighted by Gasteiger charge is 2.49. The topological polar surface area (TPSA) is 23.6 Å². The first-order valence-corrected chi connectivity index (χ1v) is 8.63. The third-order valence-corrected chi connectivity index (χ3v) is 5.34. The van der Waals surface area contributed by atoms with Gasteiger partial charge in [0.1, 0.15) is 5.82 Å². The fraction of sp³-hybridized carbons (Fsp3) is 0.632. The summed E-state index contributed by atoms with van der Waals surface area (Å²) in [6.45, 7) is 8.18. The Morgan fingerprint density at radius 2 is 1.88 bits per heavy atom. The number of rotatable bonds is 2. The third-order valence-electron chi connectivity index (χ3n) is 5.34. The first kappa shape index (κ1) is 17.2. The number of likely N-dealkylation sites (tertiary alicyclic amines) is 1. The van der Waals surface area contributed by atoms with Crippen molar-refractivity contribution in [3.63, 3.8) is 0 Å². The molecule has 0 radical (unpaired) electrons. The number of amides is 1. The molecule has 0 unspecified atom stereocenters. The van der Waals surface area contributed by atoms with Gasteiger partial charge in [-0.05, 0) is 70.7 Å². The molecule has 5 heteroatoms. The molecular weight excluding hydrogens is 310 g/mol. The summed E-state index contributed by atoms with van der Waals surface area (Å²) >= 11 is 0. The maximum Gasteiger partial charge on any atom is 0.259 e. The summed E-state index contributed by atoms with van der Waals surface area (Å²) in [5.41, 5.74) is -0.880. The molecule has 0 aliphatic carbocycles. The summed E-state index contributed by atoms with van der Waals surface area (Å²) in [4.78, 5) is 16.3. The van der Waals surface area contributed by atoms with Crippen LogP contribution in [0.5, 0.6) is 0 Å². The van der Waals surface area contributed by atoms with Gasteiger partial charge in [0.15, 0.2) is 5.67 Å². The van der Waals surface area contributed by atoms with E-state index in [1.165, 1.54) is 26.0 Å². The van der Waals surface area contributed by atoms with Gasteiger partial charge in [0.25, 0.3) is 5.91 Å². The molecule has 2 saturated heterocycles. The Kier molecular flexibility index (Phi) is 4.09. The molecule has 0 N–H and O–H groups in total. The highest BCUT2D eigenvalue weighted by molar-refractivity contribution is 5.84. The molecule has 0 bridgehead atoms. The molecule has 2 aliphatic rings. The van der Waals surface area contributed by atoms with Gasteiger partial charge in [-0.15, -0.1) is 0 Å². The van der Waals surface area contributed by atoms with Crippen LogP contribution in [0.15, 0.2) is 24.3 Å². The van der Waals surface area contributed by atoms with Crippen LogP contribution < -0.4 is 4.90 Å². The number of halogens is 2. The predicted octanol–water partition coefficient (Wildman–Crippen LogP) is 3.78. The summed E-state index contributed by atoms with van der Waals surface area (Å²) in [5, 5.41) is 0. The van der Waals surface area contributed by atoms with E-state index in [0.717, 1.165) is 18.5 Å². The fourth-order valence-corrected chi connectivity index (χ4v) is 4.45. The second-order valence-electron chi connectivity index (χ2n) is 8.20. The van der Waals surface area contributed by atoms with E-state index in [4.69, 9.17) is 0 Å². The quantitative estimate of drug-likeness (QED) is 0.820. The van der Waals surface area contributed by atoms with Crippen molar-refractivity contribution < 1.29 is 13.6 Å². The molecule has 1 aromatic rings. The Hall–Kier alpha value is -1.65. The van der Waals surface area contributed by atoms with Gasteiger partial charge in [-0.25, -0.2) is 8.78 Å². The minimum atomic E-state index is -1.82. The Labute approximate surface area is 142 Å². The van der Waals surface area contributed by atoms with E-state index in [9.17, 15) is 13.6 Å². The molecule has 2 aliphatic heterocycles. The lowest BCUT2D eigenvalue weighted by Gasteiger charge is -2.42. The SMILES string of the molecule is CC(C)(F)C(=O)N1CC[C@H]2[C@@H](C1)CC(C)(C)N2c1ccc(F)cc1. The number of alkyl halides is 1. The second-order valence-corrected chi connectivity index (χ2v) is 8.20. The van der Waals surface area contributed by atoms with Gasteiger partial charge in [0.2, 0.25) is 0 Å². The molecule has 1 aromatic carbocycles. The lowest BCUT2D eigenvalue weighted by atomic mass is 9.89. The number of hydrogen-bond donors (Lipinski definition) is 0. The van der Waals surface area contributed by atoms with Crippen LogP contribution in [0.2, 0.25) is 0 Å². The molecule has 0 spiro atoms. The summed E-state index contributed by atoms with van der Waals surface area (Å²) in [6, 6.07) is 6.92. The maximum absolute atomic E-state index is 14.0. The normalized spacial score (nSPS) is 26.4. The lowest BCUT2D eigenvalue weighted by Crippen LogP contribution is -2.53. The van der Waals surface area contributed by atoms with Crippen molar-refractivity contribution >= 4 is 11.6 Å². The second kappa shape index (κ2) is 5.71. The third kappa shape index (κ3) is 3.01. The number of carbonyl (C=O) groups excluding carboxylic acids is 1. The molecule has 3 rings (SSSR count). The van der Waals surface area contributed by atoms with Crippen LogP contribution in [0, 0.1) is 11.7 Å². The van der Waals surface area contributed by atoms with Crippen molar-refractivity contribution in [1.82, 2.24) is 4.90 Å². The number of anilines is 1. The van der Waals surface area contributed by atoms with E-state index in [0.29, 0.717) is 25.0 Å². The van der Waals surface area contributed by atoms with E-state index in [2.05, 4.69) is 18.7 Å². The number of carbonyl (C=O) groups is 1. The highest BCUT2D eigenvalue weighted by atomic mass is 19.1. The maximum atomic E-state index is 14.0. The minimum Gasteiger partial charge on any atom is -0.363 e. The Bertz CT molecular complexity index is 621. The monoisotopic (exact) mass is 336 g/mol. The summed E-state index contributed by atoms with van der Waals surface area (Å²) in [5.74, 6) is -0.345. The van der Waals surface area contributed by atoms with Crippen molar-refractivity contribution in [3.05, 3.63) is 30.1 Å². The minimum absolute atomic E-state index is 0.0720. The zero-order chi connectivity index (χ0) is 17.7. The number of benzene rings is 1. The van der Waals surface area contributed by atoms with Gasteiger partial charge in [0, 0.05) is 30.4 Å². The number of fused-ring (bicyclic) bond motifs is 1. The molecule has 2 atom stereocenters. The molecular formula is C19H26F2N2O. The smallest absolute Gasteiger partial charge is 0.259 e. The Balaban J connectivity index is 1.82. The number of piperidine rings is 1. The lowest BCUT2D eigenvalue weighted by molar-refractivity contribution is -0.143. The standard InChI is InChI=1S/C19H26F2N2O/c1-18(2)11-13-12-22(17(24)19(3,4)21)10-9-16(13)23(18)15-7-5-14(20)6-8-15/h5-8,13,16H,9-12H2,1-4H3/t13-,16+/m1/s1. The van der Waals surface area contributed by atoms with Gasteiger partial charge in [0.05, 0.1) is 0 Å². The molecule has 2 heterocycles. The van der Waals surface area contributed by atoms with Crippen molar-refractivity contribution in [2.45, 2.75) is 57.8 Å². The van der Waals surface area contributed by atoms with Gasteiger partial charge >= 0.3 is 0 Å². The largest absolute Gasteiger partial charge is 0.363 e. The van der Waals surface area contributed by atoms with Crippen LogP contribution in [0.25, 0.3) is 0 Å². The molecule has 0 saturated carbocycles. The van der Waals surface area contributed by atoms with Crippen LogP contribution in [-0.4, -0.2) is 41.1 Å². The zero-order valence-electron chi connectivity index (χ0n) is 14.9. The van der Waals surface area contributed by atoms with Crippen LogP contribution in [0.4, 0.5) is 14.5 Å². The fourth-order valence-electron chi connectivity index (χ4n) is 4.45. The summed E-state index contributed by atoms with van der Waals surface area (Å²) < 4.78 is 27.3. The van der Waals surface area contributed by atoms with Crippen LogP contribution in [0.1, 0.15) is 40.5 Å². The first-order chi connectivity index (χ1) is 11.1. The van der Waals surface area contributed by atoms with Crippen molar-refractivity contribution in [3.8, 4) is 0 Å². The predicted molar refractivity (Wildman–Crippen MR) is 91.2 cm³/mol. The first-order valence-electron chi connectivity index (χ1n) is 8.63. The van der Waals surface area contributed by atoms with Crippen LogP contribution in [-0.2, 0) is 4.79 Å². The van der Waals surface area contributed by atoms with E-state index < -0.39 is 11.6 Å². The molecule has 24 heavy (non-hydrogen) atoms. The van der Waals surface area contributed by atoms with E-state index >= 15 is 0 Å². The van der Waals surface area contributed by atoms with Crippen LogP contribution >= 0.6 is 0 Å². The molecule has 132 valence electrons. The van der Waals surface area contributed by atoms with E-state index in [1.54, 1.807) is 4.90 Å². The average Bonchev–Trinajstić information content (AvgIpc) is 2.75. The van der Waals surface area contributed by atoms with E-state index in [-0.39, 0.29) is 11.4 Å². The van der Waals surface area contributed by atoms with Gasteiger partial charge in [-0.2, -0.15) is 0 Å². The van der Waals surface area contributed by atoms with Crippen LogP contribution in [0.3, 0.4) is 0 Å². The van der Waals surface area contributed by atoms with Gasteiger partial charge in [-0.3, -0.25) is 4.79 Å². The van der Waals surface area contributed by atoms with Crippen molar-refractivity contribution in [2.75, 3.05) is 18.0 Å². The Morgan fingerprint density at radius 3 is 2.46 bits per heavy atom.